The molecule has 1 N–H and O–H groups in total. The average Bonchev–Trinajstić information content (AvgIpc) is 2.17. The zero-order chi connectivity index (χ0) is 11.3. The SMILES string of the molecule is CC(=O)NC(C=C(C)C)c1ccccc1. The Morgan fingerprint density at radius 2 is 1.80 bits per heavy atom. The molecule has 1 atom stereocenters. The van der Waals surface area contributed by atoms with Crippen molar-refractivity contribution in [2.24, 2.45) is 0 Å². The van der Waals surface area contributed by atoms with E-state index in [9.17, 15) is 4.79 Å². The number of carbonyl (C=O) groups excluding carboxylic acids is 1. The topological polar surface area (TPSA) is 29.1 Å². The van der Waals surface area contributed by atoms with E-state index in [-0.39, 0.29) is 11.9 Å². The van der Waals surface area contributed by atoms with E-state index in [0.717, 1.165) is 5.56 Å². The molecule has 0 aliphatic carbocycles. The minimum Gasteiger partial charge on any atom is -0.346 e. The number of benzene rings is 1. The van der Waals surface area contributed by atoms with Crippen molar-refractivity contribution in [2.45, 2.75) is 26.8 Å². The second-order valence-electron chi connectivity index (χ2n) is 3.83. The second-order valence-corrected chi connectivity index (χ2v) is 3.83. The number of rotatable bonds is 3. The van der Waals surface area contributed by atoms with Crippen LogP contribution in [0.1, 0.15) is 32.4 Å². The van der Waals surface area contributed by atoms with E-state index >= 15 is 0 Å². The third-order valence-corrected chi connectivity index (χ3v) is 2.02. The fraction of sp³-hybridized carbons (Fsp3) is 0.308. The summed E-state index contributed by atoms with van der Waals surface area (Å²) in [5.41, 5.74) is 2.30. The standard InChI is InChI=1S/C13H17NO/c1-10(2)9-13(14-11(3)15)12-7-5-4-6-8-12/h4-9,13H,1-3H3,(H,14,15). The van der Waals surface area contributed by atoms with Gasteiger partial charge in [0.2, 0.25) is 5.91 Å². The molecule has 1 unspecified atom stereocenters. The molecule has 0 aliphatic rings. The minimum atomic E-state index is -0.0197. The molecule has 1 amide bonds. The van der Waals surface area contributed by atoms with E-state index in [1.54, 1.807) is 0 Å². The number of carbonyl (C=O) groups is 1. The Labute approximate surface area is 91.0 Å². The van der Waals surface area contributed by atoms with Crippen LogP contribution in [0, 0.1) is 0 Å². The van der Waals surface area contributed by atoms with Crippen molar-refractivity contribution in [3.8, 4) is 0 Å². The monoisotopic (exact) mass is 203 g/mol. The predicted molar refractivity (Wildman–Crippen MR) is 62.4 cm³/mol. The molecule has 1 rings (SSSR count). The molecule has 0 fully saturated rings. The van der Waals surface area contributed by atoms with Gasteiger partial charge in [0.15, 0.2) is 0 Å². The first kappa shape index (κ1) is 11.5. The summed E-state index contributed by atoms with van der Waals surface area (Å²) in [7, 11) is 0. The highest BCUT2D eigenvalue weighted by atomic mass is 16.1. The minimum absolute atomic E-state index is 0.0126. The summed E-state index contributed by atoms with van der Waals surface area (Å²) >= 11 is 0. The normalized spacial score (nSPS) is 11.7. The van der Waals surface area contributed by atoms with Gasteiger partial charge in [-0.2, -0.15) is 0 Å². The molecule has 0 aliphatic heterocycles. The van der Waals surface area contributed by atoms with Crippen LogP contribution in [-0.4, -0.2) is 5.91 Å². The van der Waals surface area contributed by atoms with Gasteiger partial charge in [0.05, 0.1) is 6.04 Å². The Morgan fingerprint density at radius 3 is 2.27 bits per heavy atom. The van der Waals surface area contributed by atoms with Gasteiger partial charge in [0, 0.05) is 6.92 Å². The highest BCUT2D eigenvalue weighted by Crippen LogP contribution is 2.15. The summed E-state index contributed by atoms with van der Waals surface area (Å²) in [5, 5.41) is 2.91. The summed E-state index contributed by atoms with van der Waals surface area (Å²) in [6, 6.07) is 9.93. The van der Waals surface area contributed by atoms with Gasteiger partial charge in [-0.05, 0) is 19.4 Å². The lowest BCUT2D eigenvalue weighted by Crippen LogP contribution is -2.24. The Morgan fingerprint density at radius 1 is 1.20 bits per heavy atom. The molecule has 0 radical (unpaired) electrons. The smallest absolute Gasteiger partial charge is 0.217 e. The van der Waals surface area contributed by atoms with Crippen molar-refractivity contribution in [1.29, 1.82) is 0 Å². The summed E-state index contributed by atoms with van der Waals surface area (Å²) < 4.78 is 0. The van der Waals surface area contributed by atoms with Crippen LogP contribution in [0.25, 0.3) is 0 Å². The maximum atomic E-state index is 11.1. The van der Waals surface area contributed by atoms with E-state index in [1.165, 1.54) is 12.5 Å². The summed E-state index contributed by atoms with van der Waals surface area (Å²) in [5.74, 6) is -0.0126. The molecule has 2 nitrogen and oxygen atoms in total. The van der Waals surface area contributed by atoms with Gasteiger partial charge in [-0.25, -0.2) is 0 Å². The van der Waals surface area contributed by atoms with Crippen molar-refractivity contribution in [3.63, 3.8) is 0 Å². The lowest BCUT2D eigenvalue weighted by atomic mass is 10.0. The van der Waals surface area contributed by atoms with Crippen LogP contribution in [0.5, 0.6) is 0 Å². The number of allylic oxidation sites excluding steroid dienone is 1. The Kier molecular flexibility index (Phi) is 4.10. The first-order chi connectivity index (χ1) is 7.09. The fourth-order valence-corrected chi connectivity index (χ4v) is 1.43. The highest BCUT2D eigenvalue weighted by molar-refractivity contribution is 5.73. The number of hydrogen-bond donors (Lipinski definition) is 1. The van der Waals surface area contributed by atoms with Gasteiger partial charge < -0.3 is 5.32 Å². The van der Waals surface area contributed by atoms with E-state index in [4.69, 9.17) is 0 Å². The van der Waals surface area contributed by atoms with Gasteiger partial charge in [0.25, 0.3) is 0 Å². The molecule has 0 saturated heterocycles. The Hall–Kier alpha value is -1.57. The third-order valence-electron chi connectivity index (χ3n) is 2.02. The molecular weight excluding hydrogens is 186 g/mol. The summed E-state index contributed by atoms with van der Waals surface area (Å²) in [6.45, 7) is 5.59. The van der Waals surface area contributed by atoms with Crippen LogP contribution in [0.15, 0.2) is 42.0 Å². The molecule has 1 aromatic carbocycles. The van der Waals surface area contributed by atoms with Crippen LogP contribution in [0.3, 0.4) is 0 Å². The summed E-state index contributed by atoms with van der Waals surface area (Å²) in [4.78, 5) is 11.1. The zero-order valence-corrected chi connectivity index (χ0v) is 9.45. The lowest BCUT2D eigenvalue weighted by molar-refractivity contribution is -0.119. The second kappa shape index (κ2) is 5.35. The molecule has 80 valence electrons. The van der Waals surface area contributed by atoms with E-state index in [2.05, 4.69) is 11.4 Å². The Bertz CT molecular complexity index is 350. The van der Waals surface area contributed by atoms with Crippen molar-refractivity contribution in [3.05, 3.63) is 47.5 Å². The van der Waals surface area contributed by atoms with E-state index in [1.807, 2.05) is 44.2 Å². The molecule has 0 saturated carbocycles. The number of hydrogen-bond acceptors (Lipinski definition) is 1. The largest absolute Gasteiger partial charge is 0.346 e. The molecule has 0 heterocycles. The van der Waals surface area contributed by atoms with Crippen LogP contribution in [-0.2, 0) is 4.79 Å². The van der Waals surface area contributed by atoms with Crippen LogP contribution in [0.2, 0.25) is 0 Å². The maximum Gasteiger partial charge on any atom is 0.217 e. The van der Waals surface area contributed by atoms with Gasteiger partial charge in [-0.1, -0.05) is 42.0 Å². The molecule has 0 spiro atoms. The predicted octanol–water partition coefficient (Wildman–Crippen LogP) is 2.83. The zero-order valence-electron chi connectivity index (χ0n) is 9.45. The van der Waals surface area contributed by atoms with Crippen LogP contribution in [0.4, 0.5) is 0 Å². The summed E-state index contributed by atoms with van der Waals surface area (Å²) in [6.07, 6.45) is 2.05. The van der Waals surface area contributed by atoms with Crippen molar-refractivity contribution in [2.75, 3.05) is 0 Å². The molecule has 0 aromatic heterocycles. The first-order valence-corrected chi connectivity index (χ1v) is 5.06. The van der Waals surface area contributed by atoms with Crippen LogP contribution >= 0.6 is 0 Å². The molecule has 1 aromatic rings. The van der Waals surface area contributed by atoms with E-state index < -0.39 is 0 Å². The molecule has 0 bridgehead atoms. The highest BCUT2D eigenvalue weighted by Gasteiger charge is 2.08. The number of nitrogens with one attached hydrogen (secondary N) is 1. The first-order valence-electron chi connectivity index (χ1n) is 5.06. The van der Waals surface area contributed by atoms with E-state index in [0.29, 0.717) is 0 Å². The molecule has 15 heavy (non-hydrogen) atoms. The van der Waals surface area contributed by atoms with Gasteiger partial charge in [-0.3, -0.25) is 4.79 Å². The molecule has 2 heteroatoms. The maximum absolute atomic E-state index is 11.1. The average molecular weight is 203 g/mol. The lowest BCUT2D eigenvalue weighted by Gasteiger charge is -2.14. The van der Waals surface area contributed by atoms with Crippen molar-refractivity contribution in [1.82, 2.24) is 5.32 Å². The quantitative estimate of drug-likeness (QED) is 0.752. The van der Waals surface area contributed by atoms with Crippen LogP contribution < -0.4 is 5.32 Å². The van der Waals surface area contributed by atoms with Gasteiger partial charge in [0.1, 0.15) is 0 Å². The third kappa shape index (κ3) is 3.98. The van der Waals surface area contributed by atoms with Crippen molar-refractivity contribution >= 4 is 5.91 Å². The molecular formula is C13H17NO. The van der Waals surface area contributed by atoms with Crippen molar-refractivity contribution < 1.29 is 4.79 Å². The fourth-order valence-electron chi connectivity index (χ4n) is 1.43. The van der Waals surface area contributed by atoms with Gasteiger partial charge >= 0.3 is 0 Å². The van der Waals surface area contributed by atoms with Gasteiger partial charge in [-0.15, -0.1) is 0 Å². The Balaban J connectivity index is 2.91. The number of amides is 1.